The molecule has 2 aliphatic rings. The van der Waals surface area contributed by atoms with Crippen molar-refractivity contribution in [3.8, 4) is 0 Å². The van der Waals surface area contributed by atoms with E-state index < -0.39 is 6.17 Å². The SMILES string of the molecule is CC1C(F)CC2(C)CCCN12. The standard InChI is InChI=1S/C9H16FN/c1-7-8(10)6-9(2)4-3-5-11(7)9/h7-8H,3-6H2,1-2H3. The summed E-state index contributed by atoms with van der Waals surface area (Å²) in [7, 11) is 0. The Morgan fingerprint density at radius 2 is 2.27 bits per heavy atom. The van der Waals surface area contributed by atoms with Crippen LogP contribution >= 0.6 is 0 Å². The maximum absolute atomic E-state index is 13.2. The first kappa shape index (κ1) is 7.53. The second-order valence-corrected chi connectivity index (χ2v) is 4.25. The molecule has 0 aromatic heterocycles. The lowest BCUT2D eigenvalue weighted by Gasteiger charge is -2.29. The van der Waals surface area contributed by atoms with Crippen LogP contribution in [0.5, 0.6) is 0 Å². The van der Waals surface area contributed by atoms with Gasteiger partial charge < -0.3 is 0 Å². The van der Waals surface area contributed by atoms with Crippen LogP contribution in [0.2, 0.25) is 0 Å². The molecular weight excluding hydrogens is 141 g/mol. The Kier molecular flexibility index (Phi) is 1.50. The van der Waals surface area contributed by atoms with Crippen molar-refractivity contribution in [2.45, 2.75) is 50.9 Å². The van der Waals surface area contributed by atoms with Gasteiger partial charge >= 0.3 is 0 Å². The first-order chi connectivity index (χ1) is 5.13. The predicted octanol–water partition coefficient (Wildman–Crippen LogP) is 1.97. The molecule has 2 saturated heterocycles. The van der Waals surface area contributed by atoms with Crippen LogP contribution in [-0.4, -0.2) is 29.2 Å². The van der Waals surface area contributed by atoms with E-state index in [2.05, 4.69) is 11.8 Å². The Balaban J connectivity index is 2.21. The summed E-state index contributed by atoms with van der Waals surface area (Å²) < 4.78 is 13.2. The fourth-order valence-electron chi connectivity index (χ4n) is 2.74. The lowest BCUT2D eigenvalue weighted by atomic mass is 9.96. The summed E-state index contributed by atoms with van der Waals surface area (Å²) in [6.45, 7) is 5.33. The molecule has 64 valence electrons. The molecule has 0 aromatic carbocycles. The molecule has 0 N–H and O–H groups in total. The fraction of sp³-hybridized carbons (Fsp3) is 1.00. The van der Waals surface area contributed by atoms with Crippen molar-refractivity contribution in [1.29, 1.82) is 0 Å². The van der Waals surface area contributed by atoms with Crippen molar-refractivity contribution in [2.24, 2.45) is 0 Å². The fourth-order valence-corrected chi connectivity index (χ4v) is 2.74. The van der Waals surface area contributed by atoms with Gasteiger partial charge in [-0.25, -0.2) is 4.39 Å². The second kappa shape index (κ2) is 2.19. The number of halogens is 1. The Bertz CT molecular complexity index is 171. The quantitative estimate of drug-likeness (QED) is 0.519. The number of fused-ring (bicyclic) bond motifs is 1. The molecule has 0 bridgehead atoms. The Labute approximate surface area is 67.6 Å². The third-order valence-corrected chi connectivity index (χ3v) is 3.46. The zero-order valence-electron chi connectivity index (χ0n) is 7.31. The second-order valence-electron chi connectivity index (χ2n) is 4.25. The number of nitrogens with zero attached hydrogens (tertiary/aromatic N) is 1. The van der Waals surface area contributed by atoms with Crippen molar-refractivity contribution in [1.82, 2.24) is 4.90 Å². The lowest BCUT2D eigenvalue weighted by Crippen LogP contribution is -2.38. The zero-order chi connectivity index (χ0) is 8.06. The molecule has 1 nitrogen and oxygen atoms in total. The van der Waals surface area contributed by atoms with Crippen molar-refractivity contribution in [3.63, 3.8) is 0 Å². The van der Waals surface area contributed by atoms with E-state index in [1.807, 2.05) is 6.92 Å². The highest BCUT2D eigenvalue weighted by atomic mass is 19.1. The van der Waals surface area contributed by atoms with Crippen LogP contribution in [0.25, 0.3) is 0 Å². The lowest BCUT2D eigenvalue weighted by molar-refractivity contribution is 0.164. The molecule has 3 atom stereocenters. The molecule has 0 aromatic rings. The van der Waals surface area contributed by atoms with Crippen molar-refractivity contribution in [3.05, 3.63) is 0 Å². The Morgan fingerprint density at radius 1 is 1.55 bits per heavy atom. The van der Waals surface area contributed by atoms with E-state index in [0.717, 1.165) is 13.0 Å². The molecule has 2 rings (SSSR count). The highest BCUT2D eigenvalue weighted by Crippen LogP contribution is 2.42. The third-order valence-electron chi connectivity index (χ3n) is 3.46. The van der Waals surface area contributed by atoms with Gasteiger partial charge in [0.05, 0.1) is 0 Å². The molecule has 0 saturated carbocycles. The normalized spacial score (nSPS) is 51.5. The maximum atomic E-state index is 13.2. The van der Waals surface area contributed by atoms with Crippen LogP contribution in [0.15, 0.2) is 0 Å². The monoisotopic (exact) mass is 157 g/mol. The maximum Gasteiger partial charge on any atom is 0.117 e. The van der Waals surface area contributed by atoms with Crippen LogP contribution < -0.4 is 0 Å². The van der Waals surface area contributed by atoms with Gasteiger partial charge in [-0.3, -0.25) is 4.90 Å². The first-order valence-electron chi connectivity index (χ1n) is 4.54. The number of hydrogen-bond donors (Lipinski definition) is 0. The summed E-state index contributed by atoms with van der Waals surface area (Å²) in [5, 5.41) is 0. The molecule has 2 heterocycles. The average molecular weight is 157 g/mol. The number of alkyl halides is 1. The molecule has 2 aliphatic heterocycles. The zero-order valence-corrected chi connectivity index (χ0v) is 7.31. The van der Waals surface area contributed by atoms with E-state index in [1.54, 1.807) is 0 Å². The molecule has 0 radical (unpaired) electrons. The van der Waals surface area contributed by atoms with E-state index in [-0.39, 0.29) is 11.6 Å². The molecular formula is C9H16FN. The van der Waals surface area contributed by atoms with Gasteiger partial charge in [0.1, 0.15) is 6.17 Å². The van der Waals surface area contributed by atoms with Crippen LogP contribution in [0.3, 0.4) is 0 Å². The summed E-state index contributed by atoms with van der Waals surface area (Å²) in [6.07, 6.45) is 2.62. The smallest absolute Gasteiger partial charge is 0.117 e. The van der Waals surface area contributed by atoms with E-state index in [4.69, 9.17) is 0 Å². The molecule has 0 aliphatic carbocycles. The van der Waals surface area contributed by atoms with Gasteiger partial charge in [0.2, 0.25) is 0 Å². The minimum Gasteiger partial charge on any atom is -0.292 e. The summed E-state index contributed by atoms with van der Waals surface area (Å²) >= 11 is 0. The van der Waals surface area contributed by atoms with Gasteiger partial charge in [-0.05, 0) is 39.7 Å². The highest BCUT2D eigenvalue weighted by molar-refractivity contribution is 5.04. The van der Waals surface area contributed by atoms with E-state index in [9.17, 15) is 4.39 Å². The van der Waals surface area contributed by atoms with E-state index in [1.165, 1.54) is 12.8 Å². The average Bonchev–Trinajstić information content (AvgIpc) is 2.36. The first-order valence-corrected chi connectivity index (χ1v) is 4.54. The van der Waals surface area contributed by atoms with Gasteiger partial charge in [-0.15, -0.1) is 0 Å². The highest BCUT2D eigenvalue weighted by Gasteiger charge is 2.49. The van der Waals surface area contributed by atoms with Crippen LogP contribution in [0.1, 0.15) is 33.1 Å². The molecule has 0 amide bonds. The minimum absolute atomic E-state index is 0.169. The Hall–Kier alpha value is -0.110. The van der Waals surface area contributed by atoms with Gasteiger partial charge in [-0.2, -0.15) is 0 Å². The van der Waals surface area contributed by atoms with E-state index in [0.29, 0.717) is 0 Å². The van der Waals surface area contributed by atoms with Gasteiger partial charge in [-0.1, -0.05) is 0 Å². The summed E-state index contributed by atoms with van der Waals surface area (Å²) in [5.74, 6) is 0. The van der Waals surface area contributed by atoms with Crippen molar-refractivity contribution < 1.29 is 4.39 Å². The van der Waals surface area contributed by atoms with Gasteiger partial charge in [0.25, 0.3) is 0 Å². The van der Waals surface area contributed by atoms with Crippen LogP contribution in [0, 0.1) is 0 Å². The molecule has 0 spiro atoms. The summed E-state index contributed by atoms with van der Waals surface area (Å²) in [4.78, 5) is 2.34. The summed E-state index contributed by atoms with van der Waals surface area (Å²) in [5.41, 5.74) is 0.207. The van der Waals surface area contributed by atoms with Gasteiger partial charge in [0.15, 0.2) is 0 Å². The molecule has 2 heteroatoms. The Morgan fingerprint density at radius 3 is 2.91 bits per heavy atom. The minimum atomic E-state index is -0.583. The topological polar surface area (TPSA) is 3.24 Å². The molecule has 3 unspecified atom stereocenters. The third kappa shape index (κ3) is 0.919. The van der Waals surface area contributed by atoms with E-state index >= 15 is 0 Å². The van der Waals surface area contributed by atoms with Crippen molar-refractivity contribution in [2.75, 3.05) is 6.54 Å². The molecule has 2 fully saturated rings. The van der Waals surface area contributed by atoms with Crippen LogP contribution in [0.4, 0.5) is 4.39 Å². The van der Waals surface area contributed by atoms with Gasteiger partial charge in [0, 0.05) is 11.6 Å². The predicted molar refractivity (Wildman–Crippen MR) is 43.3 cm³/mol. The molecule has 11 heavy (non-hydrogen) atoms. The van der Waals surface area contributed by atoms with Crippen molar-refractivity contribution >= 4 is 0 Å². The largest absolute Gasteiger partial charge is 0.292 e. The number of hydrogen-bond acceptors (Lipinski definition) is 1. The van der Waals surface area contributed by atoms with Crippen LogP contribution in [-0.2, 0) is 0 Å². The summed E-state index contributed by atoms with van der Waals surface area (Å²) in [6, 6.07) is 0.169. The number of rotatable bonds is 0.